The van der Waals surface area contributed by atoms with E-state index in [2.05, 4.69) is 0 Å². The third-order valence-corrected chi connectivity index (χ3v) is 2.89. The minimum atomic E-state index is -4.05. The highest BCUT2D eigenvalue weighted by atomic mass is 19.4. The van der Waals surface area contributed by atoms with E-state index < -0.39 is 12.1 Å². The first-order valence-electron chi connectivity index (χ1n) is 5.28. The standard InChI is InChI=1S/C12H13F3O/c13-12(14,15)10-6-11(7-10)16-8-9-4-2-1-3-5-9/h1-5,10-11H,6-8H2. The highest BCUT2D eigenvalue weighted by Crippen LogP contribution is 2.42. The van der Waals surface area contributed by atoms with Gasteiger partial charge in [0, 0.05) is 0 Å². The number of benzene rings is 1. The van der Waals surface area contributed by atoms with Crippen LogP contribution in [0.25, 0.3) is 0 Å². The maximum atomic E-state index is 12.2. The van der Waals surface area contributed by atoms with Gasteiger partial charge in [0.05, 0.1) is 18.6 Å². The lowest BCUT2D eigenvalue weighted by molar-refractivity contribution is -0.221. The Bertz CT molecular complexity index is 328. The van der Waals surface area contributed by atoms with Crippen molar-refractivity contribution in [2.24, 2.45) is 5.92 Å². The van der Waals surface area contributed by atoms with Gasteiger partial charge >= 0.3 is 6.18 Å². The van der Waals surface area contributed by atoms with Crippen LogP contribution < -0.4 is 0 Å². The zero-order valence-electron chi connectivity index (χ0n) is 8.70. The SMILES string of the molecule is FC(F)(F)C1CC(OCc2ccccc2)C1. The summed E-state index contributed by atoms with van der Waals surface area (Å²) in [4.78, 5) is 0. The first-order valence-corrected chi connectivity index (χ1v) is 5.28. The Morgan fingerprint density at radius 3 is 2.31 bits per heavy atom. The normalized spacial score (nSPS) is 25.2. The average molecular weight is 230 g/mol. The molecule has 0 aromatic heterocycles. The van der Waals surface area contributed by atoms with Crippen molar-refractivity contribution < 1.29 is 17.9 Å². The predicted octanol–water partition coefficient (Wildman–Crippen LogP) is 3.54. The van der Waals surface area contributed by atoms with E-state index in [1.54, 1.807) is 0 Å². The van der Waals surface area contributed by atoms with Gasteiger partial charge in [-0.1, -0.05) is 30.3 Å². The van der Waals surface area contributed by atoms with E-state index >= 15 is 0 Å². The van der Waals surface area contributed by atoms with Crippen molar-refractivity contribution in [1.82, 2.24) is 0 Å². The summed E-state index contributed by atoms with van der Waals surface area (Å²) >= 11 is 0. The van der Waals surface area contributed by atoms with Crippen LogP contribution in [0.1, 0.15) is 18.4 Å². The summed E-state index contributed by atoms with van der Waals surface area (Å²) in [5.41, 5.74) is 0.998. The molecule has 0 N–H and O–H groups in total. The number of rotatable bonds is 3. The van der Waals surface area contributed by atoms with E-state index in [1.165, 1.54) is 0 Å². The minimum Gasteiger partial charge on any atom is -0.374 e. The van der Waals surface area contributed by atoms with Crippen LogP contribution in [0.4, 0.5) is 13.2 Å². The fourth-order valence-corrected chi connectivity index (χ4v) is 1.76. The lowest BCUT2D eigenvalue weighted by Gasteiger charge is -2.36. The largest absolute Gasteiger partial charge is 0.392 e. The first-order chi connectivity index (χ1) is 7.55. The summed E-state index contributed by atoms with van der Waals surface area (Å²) in [5, 5.41) is 0. The molecule has 0 radical (unpaired) electrons. The molecule has 1 aromatic rings. The molecule has 1 fully saturated rings. The van der Waals surface area contributed by atoms with Gasteiger partial charge in [0.25, 0.3) is 0 Å². The lowest BCUT2D eigenvalue weighted by atomic mass is 9.82. The molecule has 0 heterocycles. The molecule has 16 heavy (non-hydrogen) atoms. The maximum Gasteiger partial charge on any atom is 0.392 e. The molecule has 0 amide bonds. The van der Waals surface area contributed by atoms with E-state index in [9.17, 15) is 13.2 Å². The molecule has 0 saturated heterocycles. The molecular weight excluding hydrogens is 217 g/mol. The number of ether oxygens (including phenoxy) is 1. The molecule has 0 bridgehead atoms. The van der Waals surface area contributed by atoms with Gasteiger partial charge in [0.2, 0.25) is 0 Å². The molecule has 88 valence electrons. The van der Waals surface area contributed by atoms with Gasteiger partial charge in [-0.15, -0.1) is 0 Å². The van der Waals surface area contributed by atoms with E-state index in [4.69, 9.17) is 4.74 Å². The van der Waals surface area contributed by atoms with Crippen LogP contribution >= 0.6 is 0 Å². The Morgan fingerprint density at radius 1 is 1.12 bits per heavy atom. The van der Waals surface area contributed by atoms with Gasteiger partial charge in [0.15, 0.2) is 0 Å². The predicted molar refractivity (Wildman–Crippen MR) is 53.8 cm³/mol. The molecule has 2 rings (SSSR count). The Kier molecular flexibility index (Phi) is 3.19. The van der Waals surface area contributed by atoms with Gasteiger partial charge in [-0.05, 0) is 18.4 Å². The summed E-state index contributed by atoms with van der Waals surface area (Å²) in [5.74, 6) is -1.16. The van der Waals surface area contributed by atoms with Crippen LogP contribution in [-0.2, 0) is 11.3 Å². The summed E-state index contributed by atoms with van der Waals surface area (Å²) in [7, 11) is 0. The monoisotopic (exact) mass is 230 g/mol. The van der Waals surface area contributed by atoms with Crippen LogP contribution in [0, 0.1) is 5.92 Å². The molecule has 1 aliphatic rings. The molecule has 0 spiro atoms. The molecule has 1 aromatic carbocycles. The second-order valence-corrected chi connectivity index (χ2v) is 4.13. The lowest BCUT2D eigenvalue weighted by Crippen LogP contribution is -2.40. The highest BCUT2D eigenvalue weighted by Gasteiger charge is 2.48. The number of hydrogen-bond acceptors (Lipinski definition) is 1. The Balaban J connectivity index is 1.71. The molecule has 1 aliphatic carbocycles. The highest BCUT2D eigenvalue weighted by molar-refractivity contribution is 5.13. The summed E-state index contributed by atoms with van der Waals surface area (Å²) in [6, 6.07) is 9.47. The third kappa shape index (κ3) is 2.76. The summed E-state index contributed by atoms with van der Waals surface area (Å²) in [6.07, 6.45) is -4.06. The second kappa shape index (κ2) is 4.45. The Hall–Kier alpha value is -1.03. The number of halogens is 3. The van der Waals surface area contributed by atoms with Crippen molar-refractivity contribution in [3.63, 3.8) is 0 Å². The van der Waals surface area contributed by atoms with Crippen molar-refractivity contribution in [3.05, 3.63) is 35.9 Å². The zero-order valence-corrected chi connectivity index (χ0v) is 8.70. The van der Waals surface area contributed by atoms with Crippen LogP contribution in [0.15, 0.2) is 30.3 Å². The summed E-state index contributed by atoms with van der Waals surface area (Å²) in [6.45, 7) is 0.399. The van der Waals surface area contributed by atoms with E-state index in [1.807, 2.05) is 30.3 Å². The molecule has 1 saturated carbocycles. The molecular formula is C12H13F3O. The molecule has 0 atom stereocenters. The van der Waals surface area contributed by atoms with E-state index in [-0.39, 0.29) is 18.9 Å². The third-order valence-electron chi connectivity index (χ3n) is 2.89. The number of alkyl halides is 3. The fraction of sp³-hybridized carbons (Fsp3) is 0.500. The van der Waals surface area contributed by atoms with Crippen molar-refractivity contribution in [1.29, 1.82) is 0 Å². The fourth-order valence-electron chi connectivity index (χ4n) is 1.76. The van der Waals surface area contributed by atoms with Gasteiger partial charge < -0.3 is 4.74 Å². The van der Waals surface area contributed by atoms with E-state index in [0.717, 1.165) is 5.56 Å². The van der Waals surface area contributed by atoms with Crippen molar-refractivity contribution in [3.8, 4) is 0 Å². The molecule has 4 heteroatoms. The number of hydrogen-bond donors (Lipinski definition) is 0. The Morgan fingerprint density at radius 2 is 1.75 bits per heavy atom. The average Bonchev–Trinajstić information content (AvgIpc) is 2.15. The van der Waals surface area contributed by atoms with E-state index in [0.29, 0.717) is 6.61 Å². The summed E-state index contributed by atoms with van der Waals surface area (Å²) < 4.78 is 41.9. The van der Waals surface area contributed by atoms with Crippen LogP contribution in [0.2, 0.25) is 0 Å². The molecule has 0 aliphatic heterocycles. The molecule has 1 nitrogen and oxygen atoms in total. The topological polar surface area (TPSA) is 9.23 Å². The van der Waals surface area contributed by atoms with Crippen LogP contribution in [0.5, 0.6) is 0 Å². The van der Waals surface area contributed by atoms with Crippen molar-refractivity contribution >= 4 is 0 Å². The van der Waals surface area contributed by atoms with Gasteiger partial charge in [-0.2, -0.15) is 13.2 Å². The Labute approximate surface area is 92.2 Å². The van der Waals surface area contributed by atoms with Crippen molar-refractivity contribution in [2.45, 2.75) is 31.7 Å². The van der Waals surface area contributed by atoms with Crippen molar-refractivity contribution in [2.75, 3.05) is 0 Å². The van der Waals surface area contributed by atoms with Gasteiger partial charge in [-0.25, -0.2) is 0 Å². The van der Waals surface area contributed by atoms with Crippen LogP contribution in [0.3, 0.4) is 0 Å². The maximum absolute atomic E-state index is 12.2. The second-order valence-electron chi connectivity index (χ2n) is 4.13. The molecule has 0 unspecified atom stereocenters. The zero-order chi connectivity index (χ0) is 11.6. The van der Waals surface area contributed by atoms with Gasteiger partial charge in [0.1, 0.15) is 0 Å². The quantitative estimate of drug-likeness (QED) is 0.771. The minimum absolute atomic E-state index is 0.107. The van der Waals surface area contributed by atoms with Gasteiger partial charge in [-0.3, -0.25) is 0 Å². The first kappa shape index (κ1) is 11.5. The van der Waals surface area contributed by atoms with Crippen LogP contribution in [-0.4, -0.2) is 12.3 Å². The smallest absolute Gasteiger partial charge is 0.374 e.